The standard InChI is InChI=1S/C11H12FN3O2/c1-16-10-6-7(2-3-8(10)12)11-9(4-5-13)14-17-15-11/h2-3,6H,4-5,13H2,1H3. The summed E-state index contributed by atoms with van der Waals surface area (Å²) in [5, 5.41) is 7.55. The molecular weight excluding hydrogens is 225 g/mol. The van der Waals surface area contributed by atoms with Gasteiger partial charge in [0.1, 0.15) is 11.4 Å². The highest BCUT2D eigenvalue weighted by atomic mass is 19.1. The van der Waals surface area contributed by atoms with Crippen LogP contribution in [0.2, 0.25) is 0 Å². The molecule has 0 unspecified atom stereocenters. The first-order chi connectivity index (χ1) is 8.26. The molecule has 0 aliphatic rings. The molecule has 0 saturated carbocycles. The maximum atomic E-state index is 13.3. The highest BCUT2D eigenvalue weighted by molar-refractivity contribution is 5.63. The van der Waals surface area contributed by atoms with Crippen LogP contribution in [0.15, 0.2) is 22.8 Å². The molecule has 1 aromatic heterocycles. The predicted octanol–water partition coefficient (Wildman–Crippen LogP) is 1.39. The number of halogens is 1. The van der Waals surface area contributed by atoms with Crippen LogP contribution in [0.1, 0.15) is 5.69 Å². The molecule has 0 atom stereocenters. The van der Waals surface area contributed by atoms with E-state index in [2.05, 4.69) is 14.9 Å². The molecule has 0 fully saturated rings. The first-order valence-corrected chi connectivity index (χ1v) is 5.11. The number of aromatic nitrogens is 2. The van der Waals surface area contributed by atoms with Gasteiger partial charge in [-0.3, -0.25) is 0 Å². The molecule has 90 valence electrons. The minimum absolute atomic E-state index is 0.157. The molecule has 2 aromatic rings. The summed E-state index contributed by atoms with van der Waals surface area (Å²) in [4.78, 5) is 0. The van der Waals surface area contributed by atoms with E-state index >= 15 is 0 Å². The van der Waals surface area contributed by atoms with Crippen LogP contribution >= 0.6 is 0 Å². The zero-order valence-electron chi connectivity index (χ0n) is 9.31. The van der Waals surface area contributed by atoms with Gasteiger partial charge < -0.3 is 10.5 Å². The Morgan fingerprint density at radius 3 is 2.94 bits per heavy atom. The molecular formula is C11H12FN3O2. The van der Waals surface area contributed by atoms with E-state index in [9.17, 15) is 4.39 Å². The molecule has 6 heteroatoms. The molecule has 0 spiro atoms. The van der Waals surface area contributed by atoms with Crippen LogP contribution in [0.4, 0.5) is 4.39 Å². The Morgan fingerprint density at radius 1 is 1.41 bits per heavy atom. The minimum atomic E-state index is -0.423. The van der Waals surface area contributed by atoms with Crippen LogP contribution < -0.4 is 10.5 Å². The van der Waals surface area contributed by atoms with Crippen LogP contribution in [0.5, 0.6) is 5.75 Å². The fourth-order valence-electron chi connectivity index (χ4n) is 1.53. The van der Waals surface area contributed by atoms with Crippen molar-refractivity contribution in [1.82, 2.24) is 10.3 Å². The lowest BCUT2D eigenvalue weighted by Gasteiger charge is -2.04. The number of benzene rings is 1. The number of rotatable bonds is 4. The molecule has 0 aliphatic carbocycles. The Hall–Kier alpha value is -1.95. The second kappa shape index (κ2) is 4.92. The van der Waals surface area contributed by atoms with Gasteiger partial charge in [0.05, 0.1) is 7.11 Å². The lowest BCUT2D eigenvalue weighted by atomic mass is 10.1. The summed E-state index contributed by atoms with van der Waals surface area (Å²) in [6.07, 6.45) is 0.554. The summed E-state index contributed by atoms with van der Waals surface area (Å²) in [5.41, 5.74) is 7.36. The largest absolute Gasteiger partial charge is 0.494 e. The van der Waals surface area contributed by atoms with E-state index in [1.807, 2.05) is 0 Å². The van der Waals surface area contributed by atoms with Crippen molar-refractivity contribution in [2.45, 2.75) is 6.42 Å². The average molecular weight is 237 g/mol. The maximum absolute atomic E-state index is 13.3. The van der Waals surface area contributed by atoms with Gasteiger partial charge in [0.15, 0.2) is 11.6 Å². The van der Waals surface area contributed by atoms with Crippen molar-refractivity contribution in [2.75, 3.05) is 13.7 Å². The highest BCUT2D eigenvalue weighted by Crippen LogP contribution is 2.26. The first-order valence-electron chi connectivity index (χ1n) is 5.11. The summed E-state index contributed by atoms with van der Waals surface area (Å²) < 4.78 is 22.8. The van der Waals surface area contributed by atoms with Gasteiger partial charge in [-0.25, -0.2) is 9.02 Å². The smallest absolute Gasteiger partial charge is 0.165 e. The Balaban J connectivity index is 2.42. The molecule has 17 heavy (non-hydrogen) atoms. The third kappa shape index (κ3) is 2.26. The maximum Gasteiger partial charge on any atom is 0.165 e. The van der Waals surface area contributed by atoms with Gasteiger partial charge >= 0.3 is 0 Å². The highest BCUT2D eigenvalue weighted by Gasteiger charge is 2.13. The Labute approximate surface area is 97.3 Å². The van der Waals surface area contributed by atoms with E-state index in [-0.39, 0.29) is 5.75 Å². The molecule has 1 heterocycles. The Kier molecular flexibility index (Phi) is 3.34. The van der Waals surface area contributed by atoms with E-state index in [0.717, 1.165) is 0 Å². The number of hydrogen-bond donors (Lipinski definition) is 1. The van der Waals surface area contributed by atoms with Gasteiger partial charge in [-0.2, -0.15) is 0 Å². The van der Waals surface area contributed by atoms with Crippen molar-refractivity contribution >= 4 is 0 Å². The second-order valence-electron chi connectivity index (χ2n) is 3.45. The number of nitrogens with two attached hydrogens (primary N) is 1. The number of nitrogens with zero attached hydrogens (tertiary/aromatic N) is 2. The van der Waals surface area contributed by atoms with Crippen LogP contribution in [-0.4, -0.2) is 24.0 Å². The van der Waals surface area contributed by atoms with Crippen molar-refractivity contribution in [3.8, 4) is 17.0 Å². The zero-order valence-corrected chi connectivity index (χ0v) is 9.31. The molecule has 0 amide bonds. The first kappa shape index (κ1) is 11.5. The molecule has 1 aromatic carbocycles. The van der Waals surface area contributed by atoms with E-state index < -0.39 is 5.82 Å². The third-order valence-electron chi connectivity index (χ3n) is 2.36. The van der Waals surface area contributed by atoms with Crippen molar-refractivity contribution in [2.24, 2.45) is 5.73 Å². The summed E-state index contributed by atoms with van der Waals surface area (Å²) in [6, 6.07) is 4.46. The second-order valence-corrected chi connectivity index (χ2v) is 3.45. The fourth-order valence-corrected chi connectivity index (χ4v) is 1.53. The van der Waals surface area contributed by atoms with Crippen molar-refractivity contribution < 1.29 is 13.8 Å². The van der Waals surface area contributed by atoms with Crippen molar-refractivity contribution in [3.05, 3.63) is 29.7 Å². The van der Waals surface area contributed by atoms with Crippen LogP contribution in [0.3, 0.4) is 0 Å². The molecule has 0 radical (unpaired) electrons. The molecule has 0 saturated heterocycles. The van der Waals surface area contributed by atoms with E-state index in [0.29, 0.717) is 29.9 Å². The van der Waals surface area contributed by atoms with Gasteiger partial charge in [-0.05, 0) is 29.9 Å². The summed E-state index contributed by atoms with van der Waals surface area (Å²) >= 11 is 0. The summed E-state index contributed by atoms with van der Waals surface area (Å²) in [7, 11) is 1.41. The SMILES string of the molecule is COc1cc(-c2nonc2CCN)ccc1F. The molecule has 5 nitrogen and oxygen atoms in total. The quantitative estimate of drug-likeness (QED) is 0.869. The number of ether oxygens (including phenoxy) is 1. The molecule has 2 N–H and O–H groups in total. The van der Waals surface area contributed by atoms with E-state index in [4.69, 9.17) is 10.5 Å². The average Bonchev–Trinajstić information content (AvgIpc) is 2.78. The van der Waals surface area contributed by atoms with Crippen LogP contribution in [0.25, 0.3) is 11.3 Å². The Bertz CT molecular complexity index is 513. The van der Waals surface area contributed by atoms with Gasteiger partial charge in [-0.1, -0.05) is 5.16 Å². The van der Waals surface area contributed by atoms with Crippen molar-refractivity contribution in [1.29, 1.82) is 0 Å². The lowest BCUT2D eigenvalue weighted by Crippen LogP contribution is -2.04. The van der Waals surface area contributed by atoms with Crippen molar-refractivity contribution in [3.63, 3.8) is 0 Å². The van der Waals surface area contributed by atoms with Gasteiger partial charge in [0.2, 0.25) is 0 Å². The van der Waals surface area contributed by atoms with Crippen LogP contribution in [0, 0.1) is 5.82 Å². The number of methoxy groups -OCH3 is 1. The van der Waals surface area contributed by atoms with Gasteiger partial charge in [0, 0.05) is 12.0 Å². The monoisotopic (exact) mass is 237 g/mol. The topological polar surface area (TPSA) is 74.2 Å². The van der Waals surface area contributed by atoms with Crippen LogP contribution in [-0.2, 0) is 6.42 Å². The summed E-state index contributed by atoms with van der Waals surface area (Å²) in [6.45, 7) is 0.444. The van der Waals surface area contributed by atoms with Gasteiger partial charge in [0.25, 0.3) is 0 Å². The Morgan fingerprint density at radius 2 is 2.24 bits per heavy atom. The van der Waals surface area contributed by atoms with Gasteiger partial charge in [-0.15, -0.1) is 0 Å². The molecule has 0 aliphatic heterocycles. The minimum Gasteiger partial charge on any atom is -0.494 e. The molecule has 0 bridgehead atoms. The lowest BCUT2D eigenvalue weighted by molar-refractivity contribution is 0.304. The summed E-state index contributed by atoms with van der Waals surface area (Å²) in [5.74, 6) is -0.266. The fraction of sp³-hybridized carbons (Fsp3) is 0.273. The normalized spacial score (nSPS) is 10.5. The number of hydrogen-bond acceptors (Lipinski definition) is 5. The van der Waals surface area contributed by atoms with E-state index in [1.165, 1.54) is 13.2 Å². The van der Waals surface area contributed by atoms with E-state index in [1.54, 1.807) is 12.1 Å². The third-order valence-corrected chi connectivity index (χ3v) is 2.36. The molecule has 2 rings (SSSR count). The zero-order chi connectivity index (χ0) is 12.3. The predicted molar refractivity (Wildman–Crippen MR) is 59.0 cm³/mol.